The van der Waals surface area contributed by atoms with Gasteiger partial charge in [-0.3, -0.25) is 4.79 Å². The molecule has 0 aliphatic rings. The monoisotopic (exact) mass is 413 g/mol. The van der Waals surface area contributed by atoms with Crippen LogP contribution in [0.1, 0.15) is 11.1 Å². The Morgan fingerprint density at radius 3 is 2.43 bits per heavy atom. The topological polar surface area (TPSA) is 64.9 Å². The standard InChI is InChI=1S/C25H23N3OS/c1-19-11-13-20(14-12-19)15-16-27-18-21(17-26)25(29)28-23-9-5-6-10-24(23)30-22-7-3-2-4-8-22/h2-14,18,27H,15-16H2,1H3,(H,28,29)/b21-18-. The van der Waals surface area contributed by atoms with Crippen LogP contribution in [0.3, 0.4) is 0 Å². The minimum atomic E-state index is -0.429. The van der Waals surface area contributed by atoms with Crippen molar-refractivity contribution in [2.24, 2.45) is 0 Å². The molecule has 0 saturated carbocycles. The average Bonchev–Trinajstić information content (AvgIpc) is 2.77. The van der Waals surface area contributed by atoms with Crippen molar-refractivity contribution in [3.63, 3.8) is 0 Å². The first-order chi connectivity index (χ1) is 14.7. The molecule has 150 valence electrons. The lowest BCUT2D eigenvalue weighted by Gasteiger charge is -2.10. The van der Waals surface area contributed by atoms with Gasteiger partial charge < -0.3 is 10.6 Å². The molecule has 0 bridgehead atoms. The molecule has 1 amide bonds. The molecule has 0 saturated heterocycles. The number of benzene rings is 3. The third-order valence-electron chi connectivity index (χ3n) is 4.40. The first kappa shape index (κ1) is 21.2. The SMILES string of the molecule is Cc1ccc(CCN/C=C(/C#N)C(=O)Nc2ccccc2Sc2ccccc2)cc1. The van der Waals surface area contributed by atoms with Crippen molar-refractivity contribution < 1.29 is 4.79 Å². The van der Waals surface area contributed by atoms with Gasteiger partial charge in [0.15, 0.2) is 0 Å². The van der Waals surface area contributed by atoms with Crippen LogP contribution in [0.25, 0.3) is 0 Å². The minimum Gasteiger partial charge on any atom is -0.389 e. The normalized spacial score (nSPS) is 10.9. The molecule has 0 aliphatic heterocycles. The smallest absolute Gasteiger partial charge is 0.267 e. The van der Waals surface area contributed by atoms with Gasteiger partial charge in [-0.2, -0.15) is 5.26 Å². The maximum absolute atomic E-state index is 12.6. The highest BCUT2D eigenvalue weighted by atomic mass is 32.2. The molecular weight excluding hydrogens is 390 g/mol. The Hall–Kier alpha value is -3.49. The van der Waals surface area contributed by atoms with Crippen molar-refractivity contribution in [3.8, 4) is 6.07 Å². The van der Waals surface area contributed by atoms with E-state index in [4.69, 9.17) is 0 Å². The fourth-order valence-corrected chi connectivity index (χ4v) is 3.68. The van der Waals surface area contributed by atoms with Crippen molar-refractivity contribution >= 4 is 23.4 Å². The number of carbonyl (C=O) groups is 1. The maximum atomic E-state index is 12.6. The van der Waals surface area contributed by atoms with E-state index in [-0.39, 0.29) is 5.57 Å². The zero-order valence-corrected chi connectivity index (χ0v) is 17.6. The van der Waals surface area contributed by atoms with Crippen LogP contribution in [-0.4, -0.2) is 12.5 Å². The van der Waals surface area contributed by atoms with Crippen molar-refractivity contribution in [1.29, 1.82) is 5.26 Å². The maximum Gasteiger partial charge on any atom is 0.267 e. The molecule has 3 rings (SSSR count). The zero-order chi connectivity index (χ0) is 21.2. The van der Waals surface area contributed by atoms with E-state index in [1.807, 2.05) is 60.7 Å². The van der Waals surface area contributed by atoms with E-state index in [1.54, 1.807) is 11.8 Å². The number of anilines is 1. The van der Waals surface area contributed by atoms with E-state index in [0.717, 1.165) is 16.2 Å². The number of nitrogens with zero attached hydrogens (tertiary/aromatic N) is 1. The molecular formula is C25H23N3OS. The van der Waals surface area contributed by atoms with Gasteiger partial charge in [-0.25, -0.2) is 0 Å². The Labute approximate surface area is 181 Å². The van der Waals surface area contributed by atoms with Crippen LogP contribution >= 0.6 is 11.8 Å². The Morgan fingerprint density at radius 2 is 1.70 bits per heavy atom. The van der Waals surface area contributed by atoms with Crippen molar-refractivity contribution in [1.82, 2.24) is 5.32 Å². The third-order valence-corrected chi connectivity index (χ3v) is 5.48. The predicted octanol–water partition coefficient (Wildman–Crippen LogP) is 5.32. The van der Waals surface area contributed by atoms with E-state index in [0.29, 0.717) is 12.2 Å². The number of nitrogens with one attached hydrogen (secondary N) is 2. The highest BCUT2D eigenvalue weighted by molar-refractivity contribution is 7.99. The van der Waals surface area contributed by atoms with E-state index in [1.165, 1.54) is 17.3 Å². The minimum absolute atomic E-state index is 0.0402. The number of hydrogen-bond donors (Lipinski definition) is 2. The van der Waals surface area contributed by atoms with Gasteiger partial charge in [-0.1, -0.05) is 71.9 Å². The van der Waals surface area contributed by atoms with Gasteiger partial charge in [0.2, 0.25) is 0 Å². The summed E-state index contributed by atoms with van der Waals surface area (Å²) < 4.78 is 0. The van der Waals surface area contributed by atoms with Crippen LogP contribution in [0.5, 0.6) is 0 Å². The Morgan fingerprint density at radius 1 is 1.00 bits per heavy atom. The Kier molecular flexibility index (Phi) is 7.71. The van der Waals surface area contributed by atoms with Crippen LogP contribution < -0.4 is 10.6 Å². The quantitative estimate of drug-likeness (QED) is 0.298. The van der Waals surface area contributed by atoms with Gasteiger partial charge in [-0.15, -0.1) is 0 Å². The number of aryl methyl sites for hydroxylation is 1. The molecule has 0 aliphatic carbocycles. The summed E-state index contributed by atoms with van der Waals surface area (Å²) in [4.78, 5) is 14.6. The van der Waals surface area contributed by atoms with Gasteiger partial charge in [0.05, 0.1) is 5.69 Å². The lowest BCUT2D eigenvalue weighted by atomic mass is 10.1. The van der Waals surface area contributed by atoms with Crippen molar-refractivity contribution in [2.45, 2.75) is 23.1 Å². The van der Waals surface area contributed by atoms with Crippen molar-refractivity contribution in [3.05, 3.63) is 102 Å². The third kappa shape index (κ3) is 6.26. The molecule has 3 aromatic carbocycles. The van der Waals surface area contributed by atoms with Gasteiger partial charge >= 0.3 is 0 Å². The Bertz CT molecular complexity index is 1050. The summed E-state index contributed by atoms with van der Waals surface area (Å²) in [6.07, 6.45) is 2.30. The molecule has 4 nitrogen and oxygen atoms in total. The largest absolute Gasteiger partial charge is 0.389 e. The summed E-state index contributed by atoms with van der Waals surface area (Å²) in [5.41, 5.74) is 3.15. The second-order valence-electron chi connectivity index (χ2n) is 6.72. The van der Waals surface area contributed by atoms with Crippen LogP contribution in [0, 0.1) is 18.3 Å². The molecule has 0 unspecified atom stereocenters. The second-order valence-corrected chi connectivity index (χ2v) is 7.84. The number of rotatable bonds is 8. The van der Waals surface area contributed by atoms with Gasteiger partial charge in [0.1, 0.15) is 11.6 Å². The van der Waals surface area contributed by atoms with Crippen LogP contribution in [-0.2, 0) is 11.2 Å². The molecule has 0 aromatic heterocycles. The number of amides is 1. The highest BCUT2D eigenvalue weighted by Crippen LogP contribution is 2.33. The summed E-state index contributed by atoms with van der Waals surface area (Å²) in [5, 5.41) is 15.3. The summed E-state index contributed by atoms with van der Waals surface area (Å²) >= 11 is 1.56. The zero-order valence-electron chi connectivity index (χ0n) is 16.8. The van der Waals surface area contributed by atoms with Crippen molar-refractivity contribution in [2.75, 3.05) is 11.9 Å². The number of para-hydroxylation sites is 1. The predicted molar refractivity (Wildman–Crippen MR) is 122 cm³/mol. The molecule has 3 aromatic rings. The van der Waals surface area contributed by atoms with E-state index >= 15 is 0 Å². The lowest BCUT2D eigenvalue weighted by molar-refractivity contribution is -0.112. The van der Waals surface area contributed by atoms with Crippen LogP contribution in [0.4, 0.5) is 5.69 Å². The van der Waals surface area contributed by atoms with Gasteiger partial charge in [0.25, 0.3) is 5.91 Å². The first-order valence-corrected chi connectivity index (χ1v) is 10.5. The van der Waals surface area contributed by atoms with E-state index in [9.17, 15) is 10.1 Å². The molecule has 2 N–H and O–H groups in total. The number of carbonyl (C=O) groups excluding carboxylic acids is 1. The lowest BCUT2D eigenvalue weighted by Crippen LogP contribution is -2.18. The van der Waals surface area contributed by atoms with Gasteiger partial charge in [-0.05, 0) is 43.2 Å². The second kappa shape index (κ2) is 10.9. The molecule has 0 radical (unpaired) electrons. The molecule has 30 heavy (non-hydrogen) atoms. The fourth-order valence-electron chi connectivity index (χ4n) is 2.76. The van der Waals surface area contributed by atoms with E-state index < -0.39 is 5.91 Å². The average molecular weight is 414 g/mol. The molecule has 0 heterocycles. The molecule has 0 spiro atoms. The van der Waals surface area contributed by atoms with Gasteiger partial charge in [0, 0.05) is 22.5 Å². The fraction of sp³-hybridized carbons (Fsp3) is 0.120. The highest BCUT2D eigenvalue weighted by Gasteiger charge is 2.12. The van der Waals surface area contributed by atoms with E-state index in [2.05, 4.69) is 41.8 Å². The molecule has 5 heteroatoms. The van der Waals surface area contributed by atoms with Crippen LogP contribution in [0.15, 0.2) is 100 Å². The Balaban J connectivity index is 1.60. The summed E-state index contributed by atoms with van der Waals surface area (Å²) in [6.45, 7) is 2.70. The summed E-state index contributed by atoms with van der Waals surface area (Å²) in [7, 11) is 0. The first-order valence-electron chi connectivity index (χ1n) is 9.68. The summed E-state index contributed by atoms with van der Waals surface area (Å²) in [6, 6.07) is 27.8. The summed E-state index contributed by atoms with van der Waals surface area (Å²) in [5.74, 6) is -0.429. The number of hydrogen-bond acceptors (Lipinski definition) is 4. The van der Waals surface area contributed by atoms with Crippen LogP contribution in [0.2, 0.25) is 0 Å². The molecule has 0 atom stereocenters. The molecule has 0 fully saturated rings. The number of nitriles is 1.